The summed E-state index contributed by atoms with van der Waals surface area (Å²) < 4.78 is 88.7. The third-order valence-corrected chi connectivity index (χ3v) is 3.28. The summed E-state index contributed by atoms with van der Waals surface area (Å²) in [5.41, 5.74) is -1.30. The van der Waals surface area contributed by atoms with E-state index in [0.29, 0.717) is 6.07 Å². The number of methoxy groups -OCH3 is 1. The molecule has 0 bridgehead atoms. The van der Waals surface area contributed by atoms with Crippen LogP contribution in [-0.2, 0) is 12.8 Å². The van der Waals surface area contributed by atoms with Crippen molar-refractivity contribution in [1.82, 2.24) is 0 Å². The van der Waals surface area contributed by atoms with Gasteiger partial charge in [0.05, 0.1) is 7.11 Å². The lowest BCUT2D eigenvalue weighted by atomic mass is 10.1. The minimum absolute atomic E-state index is 0.105. The lowest BCUT2D eigenvalue weighted by Gasteiger charge is -2.16. The maximum atomic E-state index is 12.9. The van der Waals surface area contributed by atoms with Gasteiger partial charge in [0.1, 0.15) is 17.9 Å². The van der Waals surface area contributed by atoms with E-state index in [0.717, 1.165) is 31.4 Å². The van der Waals surface area contributed by atoms with Gasteiger partial charge in [-0.3, -0.25) is 0 Å². The van der Waals surface area contributed by atoms with Crippen LogP contribution in [0.15, 0.2) is 30.3 Å². The van der Waals surface area contributed by atoms with Crippen molar-refractivity contribution in [2.75, 3.05) is 7.11 Å². The van der Waals surface area contributed by atoms with Crippen LogP contribution in [0, 0.1) is 0 Å². The van der Waals surface area contributed by atoms with Gasteiger partial charge in [0.25, 0.3) is 0 Å². The highest BCUT2D eigenvalue weighted by molar-refractivity contribution is 5.52. The van der Waals surface area contributed by atoms with Crippen molar-refractivity contribution in [2.24, 2.45) is 0 Å². The molecular formula is C16H12F6O5. The predicted molar refractivity (Wildman–Crippen MR) is 78.8 cm³/mol. The van der Waals surface area contributed by atoms with E-state index < -0.39 is 47.7 Å². The van der Waals surface area contributed by atoms with E-state index in [-0.39, 0.29) is 11.3 Å². The quantitative estimate of drug-likeness (QED) is 0.721. The number of phenols is 2. The van der Waals surface area contributed by atoms with Crippen molar-refractivity contribution in [3.05, 3.63) is 41.5 Å². The van der Waals surface area contributed by atoms with Crippen molar-refractivity contribution in [1.29, 1.82) is 0 Å². The molecule has 0 saturated carbocycles. The topological polar surface area (TPSA) is 68.2 Å². The van der Waals surface area contributed by atoms with Crippen LogP contribution in [0.3, 0.4) is 0 Å². The van der Waals surface area contributed by atoms with E-state index in [2.05, 4.69) is 9.47 Å². The molecule has 0 heterocycles. The third kappa shape index (κ3) is 5.02. The molecule has 0 atom stereocenters. The molecule has 27 heavy (non-hydrogen) atoms. The highest BCUT2D eigenvalue weighted by atomic mass is 19.4. The summed E-state index contributed by atoms with van der Waals surface area (Å²) >= 11 is 0. The first kappa shape index (κ1) is 20.3. The average molecular weight is 398 g/mol. The van der Waals surface area contributed by atoms with Crippen molar-refractivity contribution in [2.45, 2.75) is 19.1 Å². The van der Waals surface area contributed by atoms with E-state index in [4.69, 9.17) is 4.74 Å². The van der Waals surface area contributed by atoms with E-state index in [1.165, 1.54) is 0 Å². The maximum Gasteiger partial charge on any atom is 0.573 e. The molecule has 2 aromatic rings. The van der Waals surface area contributed by atoms with Crippen molar-refractivity contribution < 1.29 is 50.8 Å². The number of aromatic hydroxyl groups is 2. The van der Waals surface area contributed by atoms with Gasteiger partial charge in [-0.15, -0.1) is 13.2 Å². The summed E-state index contributed by atoms with van der Waals surface area (Å²) in [5, 5.41) is 19.3. The molecule has 0 unspecified atom stereocenters. The summed E-state index contributed by atoms with van der Waals surface area (Å²) in [6.45, 7) is -0.490. The van der Waals surface area contributed by atoms with Crippen LogP contribution >= 0.6 is 0 Å². The molecular weight excluding hydrogens is 386 g/mol. The van der Waals surface area contributed by atoms with Crippen LogP contribution in [-0.4, -0.2) is 23.7 Å². The normalized spacial score (nSPS) is 12.0. The summed E-state index contributed by atoms with van der Waals surface area (Å²) in [5.74, 6) is -3.54. The molecule has 11 heteroatoms. The molecule has 148 valence electrons. The van der Waals surface area contributed by atoms with Gasteiger partial charge in [0.15, 0.2) is 23.0 Å². The average Bonchev–Trinajstić information content (AvgIpc) is 2.54. The fourth-order valence-electron chi connectivity index (χ4n) is 2.11. The van der Waals surface area contributed by atoms with Crippen LogP contribution < -0.4 is 14.2 Å². The van der Waals surface area contributed by atoms with E-state index in [1.54, 1.807) is 0 Å². The fourth-order valence-corrected chi connectivity index (χ4v) is 2.11. The molecule has 2 N–H and O–H groups in total. The third-order valence-electron chi connectivity index (χ3n) is 3.28. The number of rotatable bonds is 5. The Morgan fingerprint density at radius 3 is 2.19 bits per heavy atom. The molecule has 0 aliphatic heterocycles. The number of phenolic OH excluding ortho intramolecular Hbond substituents is 2. The number of hydrogen-bond donors (Lipinski definition) is 2. The van der Waals surface area contributed by atoms with Gasteiger partial charge in [-0.25, -0.2) is 0 Å². The molecule has 0 saturated heterocycles. The highest BCUT2D eigenvalue weighted by Crippen LogP contribution is 2.43. The van der Waals surface area contributed by atoms with Crippen molar-refractivity contribution in [3.63, 3.8) is 0 Å². The fraction of sp³-hybridized carbons (Fsp3) is 0.250. The molecule has 0 aromatic heterocycles. The Hall–Kier alpha value is -2.98. The van der Waals surface area contributed by atoms with E-state index in [9.17, 15) is 36.6 Å². The SMILES string of the molecule is COc1c(C(F)(F)F)ccc(COc2ccc(O)c(OC(F)(F)F)c2)c1O. The molecule has 0 radical (unpaired) electrons. The van der Waals surface area contributed by atoms with Crippen LogP contribution in [0.25, 0.3) is 0 Å². The Bertz CT molecular complexity index is 816. The maximum absolute atomic E-state index is 12.9. The molecule has 0 amide bonds. The van der Waals surface area contributed by atoms with Crippen molar-refractivity contribution >= 4 is 0 Å². The second-order valence-corrected chi connectivity index (χ2v) is 5.12. The van der Waals surface area contributed by atoms with Crippen LogP contribution in [0.5, 0.6) is 28.7 Å². The molecule has 2 rings (SSSR count). The smallest absolute Gasteiger partial charge is 0.504 e. The van der Waals surface area contributed by atoms with Crippen LogP contribution in [0.4, 0.5) is 26.3 Å². The first-order chi connectivity index (χ1) is 12.4. The van der Waals surface area contributed by atoms with Gasteiger partial charge in [-0.1, -0.05) is 6.07 Å². The molecule has 5 nitrogen and oxygen atoms in total. The van der Waals surface area contributed by atoms with Gasteiger partial charge in [0, 0.05) is 11.6 Å². The highest BCUT2D eigenvalue weighted by Gasteiger charge is 2.36. The first-order valence-electron chi connectivity index (χ1n) is 7.10. The van der Waals surface area contributed by atoms with E-state index >= 15 is 0 Å². The van der Waals surface area contributed by atoms with Crippen molar-refractivity contribution in [3.8, 4) is 28.7 Å². The largest absolute Gasteiger partial charge is 0.573 e. The second kappa shape index (κ2) is 7.33. The Morgan fingerprint density at radius 1 is 0.963 bits per heavy atom. The van der Waals surface area contributed by atoms with Gasteiger partial charge < -0.3 is 24.4 Å². The molecule has 0 aliphatic carbocycles. The minimum Gasteiger partial charge on any atom is -0.504 e. The Kier molecular flexibility index (Phi) is 5.52. The van der Waals surface area contributed by atoms with Crippen LogP contribution in [0.1, 0.15) is 11.1 Å². The number of ether oxygens (including phenoxy) is 3. The number of alkyl halides is 6. The zero-order chi connectivity index (χ0) is 20.4. The Morgan fingerprint density at radius 2 is 1.63 bits per heavy atom. The molecule has 0 fully saturated rings. The number of benzene rings is 2. The van der Waals surface area contributed by atoms with Crippen LogP contribution in [0.2, 0.25) is 0 Å². The number of hydrogen-bond acceptors (Lipinski definition) is 5. The predicted octanol–water partition coefficient (Wildman–Crippen LogP) is 4.60. The molecule has 0 spiro atoms. The Labute approximate surface area is 148 Å². The lowest BCUT2D eigenvalue weighted by Crippen LogP contribution is -2.17. The first-order valence-corrected chi connectivity index (χ1v) is 7.10. The van der Waals surface area contributed by atoms with Gasteiger partial charge in [0.2, 0.25) is 0 Å². The van der Waals surface area contributed by atoms with E-state index in [1.807, 2.05) is 0 Å². The second-order valence-electron chi connectivity index (χ2n) is 5.12. The summed E-state index contributed by atoms with van der Waals surface area (Å²) in [6, 6.07) is 4.34. The van der Waals surface area contributed by atoms with Gasteiger partial charge in [-0.2, -0.15) is 13.2 Å². The summed E-state index contributed by atoms with van der Waals surface area (Å²) in [4.78, 5) is 0. The number of halogens is 6. The molecule has 2 aromatic carbocycles. The zero-order valence-electron chi connectivity index (χ0n) is 13.5. The monoisotopic (exact) mass is 398 g/mol. The Balaban J connectivity index is 2.23. The molecule has 0 aliphatic rings. The summed E-state index contributed by atoms with van der Waals surface area (Å²) in [7, 11) is 0.940. The van der Waals surface area contributed by atoms with Gasteiger partial charge in [-0.05, 0) is 18.2 Å². The standard InChI is InChI=1S/C16H12F6O5/c1-25-14-10(15(17,18)19)4-2-8(13(14)24)7-26-9-3-5-11(23)12(6-9)27-16(20,21)22/h2-6,23-24H,7H2,1H3. The minimum atomic E-state index is -5.05. The zero-order valence-corrected chi connectivity index (χ0v) is 13.5. The van der Waals surface area contributed by atoms with Gasteiger partial charge >= 0.3 is 12.5 Å². The summed E-state index contributed by atoms with van der Waals surface area (Å²) in [6.07, 6.45) is -9.81. The lowest BCUT2D eigenvalue weighted by molar-refractivity contribution is -0.275.